The topological polar surface area (TPSA) is 78.6 Å². The predicted molar refractivity (Wildman–Crippen MR) is 66.0 cm³/mol. The Morgan fingerprint density at radius 3 is 2.61 bits per heavy atom. The largest absolute Gasteiger partial charge is 0.466 e. The van der Waals surface area contributed by atoms with Gasteiger partial charge in [-0.1, -0.05) is 18.2 Å². The minimum Gasteiger partial charge on any atom is -0.466 e. The summed E-state index contributed by atoms with van der Waals surface area (Å²) in [7, 11) is 1.30. The second-order valence-corrected chi connectivity index (χ2v) is 3.69. The average molecular weight is 251 g/mol. The first-order valence-corrected chi connectivity index (χ1v) is 5.68. The molecule has 0 spiro atoms. The van der Waals surface area contributed by atoms with Crippen LogP contribution in [0.1, 0.15) is 35.3 Å². The maximum absolute atomic E-state index is 11.6. The molecule has 5 heteroatoms. The number of nitrogens with two attached hydrogens (primary N) is 1. The van der Waals surface area contributed by atoms with E-state index in [1.807, 2.05) is 0 Å². The Hall–Kier alpha value is -1.88. The summed E-state index contributed by atoms with van der Waals surface area (Å²) in [6, 6.07) is 6.21. The molecule has 0 aliphatic rings. The van der Waals surface area contributed by atoms with Crippen LogP contribution in [-0.4, -0.2) is 25.7 Å². The average Bonchev–Trinajstić information content (AvgIpc) is 2.38. The fourth-order valence-corrected chi connectivity index (χ4v) is 1.63. The molecular formula is C13H17NO4. The zero-order valence-corrected chi connectivity index (χ0v) is 10.5. The SMILES string of the molecule is CCOC(=O)C[C@H](N)c1ccccc1C(=O)OC. The van der Waals surface area contributed by atoms with Crippen LogP contribution in [0.3, 0.4) is 0 Å². The number of ether oxygens (including phenoxy) is 2. The highest BCUT2D eigenvalue weighted by Crippen LogP contribution is 2.20. The summed E-state index contributed by atoms with van der Waals surface area (Å²) in [6.45, 7) is 2.04. The summed E-state index contributed by atoms with van der Waals surface area (Å²) in [6.07, 6.45) is 0.0296. The molecule has 0 saturated carbocycles. The summed E-state index contributed by atoms with van der Waals surface area (Å²) in [5, 5.41) is 0. The number of carbonyl (C=O) groups excluding carboxylic acids is 2. The fraction of sp³-hybridized carbons (Fsp3) is 0.385. The summed E-state index contributed by atoms with van der Waals surface area (Å²) >= 11 is 0. The second-order valence-electron chi connectivity index (χ2n) is 3.69. The van der Waals surface area contributed by atoms with Crippen LogP contribution in [0.25, 0.3) is 0 Å². The molecular weight excluding hydrogens is 234 g/mol. The van der Waals surface area contributed by atoms with Gasteiger partial charge >= 0.3 is 11.9 Å². The molecule has 5 nitrogen and oxygen atoms in total. The number of hydrogen-bond donors (Lipinski definition) is 1. The highest BCUT2D eigenvalue weighted by Gasteiger charge is 2.19. The van der Waals surface area contributed by atoms with E-state index in [9.17, 15) is 9.59 Å². The number of methoxy groups -OCH3 is 1. The van der Waals surface area contributed by atoms with Gasteiger partial charge < -0.3 is 15.2 Å². The third-order valence-corrected chi connectivity index (χ3v) is 2.46. The Bertz CT molecular complexity index is 431. The fourth-order valence-electron chi connectivity index (χ4n) is 1.63. The summed E-state index contributed by atoms with van der Waals surface area (Å²) in [5.74, 6) is -0.852. The van der Waals surface area contributed by atoms with E-state index in [1.165, 1.54) is 7.11 Å². The van der Waals surface area contributed by atoms with Gasteiger partial charge in [-0.2, -0.15) is 0 Å². The Morgan fingerprint density at radius 2 is 2.00 bits per heavy atom. The van der Waals surface area contributed by atoms with Crippen LogP contribution in [0.2, 0.25) is 0 Å². The molecule has 1 rings (SSSR count). The Labute approximate surface area is 106 Å². The zero-order valence-electron chi connectivity index (χ0n) is 10.5. The van der Waals surface area contributed by atoms with Crippen molar-refractivity contribution in [2.45, 2.75) is 19.4 Å². The first-order valence-electron chi connectivity index (χ1n) is 5.68. The highest BCUT2D eigenvalue weighted by atomic mass is 16.5. The molecule has 98 valence electrons. The van der Waals surface area contributed by atoms with E-state index in [4.69, 9.17) is 10.5 Å². The van der Waals surface area contributed by atoms with Crippen LogP contribution in [-0.2, 0) is 14.3 Å². The lowest BCUT2D eigenvalue weighted by atomic mass is 9.99. The molecule has 0 aromatic heterocycles. The van der Waals surface area contributed by atoms with Crippen molar-refractivity contribution < 1.29 is 19.1 Å². The van der Waals surface area contributed by atoms with E-state index < -0.39 is 12.0 Å². The van der Waals surface area contributed by atoms with E-state index in [1.54, 1.807) is 31.2 Å². The maximum atomic E-state index is 11.6. The molecule has 1 aromatic rings. The van der Waals surface area contributed by atoms with E-state index in [0.717, 1.165) is 0 Å². The quantitative estimate of drug-likeness (QED) is 0.801. The molecule has 0 saturated heterocycles. The lowest BCUT2D eigenvalue weighted by Crippen LogP contribution is -2.20. The Kier molecular flexibility index (Phi) is 5.32. The Balaban J connectivity index is 2.88. The van der Waals surface area contributed by atoms with Gasteiger partial charge in [-0.3, -0.25) is 4.79 Å². The highest BCUT2D eigenvalue weighted by molar-refractivity contribution is 5.91. The van der Waals surface area contributed by atoms with Gasteiger partial charge in [0.2, 0.25) is 0 Å². The molecule has 0 aliphatic heterocycles. The molecule has 18 heavy (non-hydrogen) atoms. The number of rotatable bonds is 5. The standard InChI is InChI=1S/C13H17NO4/c1-3-18-12(15)8-11(14)9-6-4-5-7-10(9)13(16)17-2/h4-7,11H,3,8,14H2,1-2H3/t11-/m0/s1. The van der Waals surface area contributed by atoms with Crippen LogP contribution in [0, 0.1) is 0 Å². The smallest absolute Gasteiger partial charge is 0.338 e. The lowest BCUT2D eigenvalue weighted by molar-refractivity contribution is -0.143. The molecule has 1 aromatic carbocycles. The van der Waals surface area contributed by atoms with Crippen molar-refractivity contribution in [3.63, 3.8) is 0 Å². The molecule has 0 aliphatic carbocycles. The molecule has 0 fully saturated rings. The van der Waals surface area contributed by atoms with Crippen molar-refractivity contribution in [1.82, 2.24) is 0 Å². The van der Waals surface area contributed by atoms with Gasteiger partial charge in [-0.15, -0.1) is 0 Å². The van der Waals surface area contributed by atoms with Crippen LogP contribution in [0.15, 0.2) is 24.3 Å². The zero-order chi connectivity index (χ0) is 13.5. The monoisotopic (exact) mass is 251 g/mol. The molecule has 2 N–H and O–H groups in total. The maximum Gasteiger partial charge on any atom is 0.338 e. The molecule has 0 radical (unpaired) electrons. The van der Waals surface area contributed by atoms with Crippen LogP contribution in [0.5, 0.6) is 0 Å². The van der Waals surface area contributed by atoms with Crippen molar-refractivity contribution in [2.75, 3.05) is 13.7 Å². The third-order valence-electron chi connectivity index (χ3n) is 2.46. The molecule has 0 heterocycles. The lowest BCUT2D eigenvalue weighted by Gasteiger charge is -2.14. The second kappa shape index (κ2) is 6.76. The van der Waals surface area contributed by atoms with Crippen LogP contribution < -0.4 is 5.73 Å². The van der Waals surface area contributed by atoms with E-state index >= 15 is 0 Å². The molecule has 0 unspecified atom stereocenters. The number of carbonyl (C=O) groups is 2. The van der Waals surface area contributed by atoms with Crippen molar-refractivity contribution in [2.24, 2.45) is 5.73 Å². The molecule has 0 amide bonds. The Morgan fingerprint density at radius 1 is 1.33 bits per heavy atom. The van der Waals surface area contributed by atoms with E-state index in [-0.39, 0.29) is 12.4 Å². The van der Waals surface area contributed by atoms with E-state index in [0.29, 0.717) is 17.7 Å². The number of hydrogen-bond acceptors (Lipinski definition) is 5. The van der Waals surface area contributed by atoms with Crippen LogP contribution in [0.4, 0.5) is 0 Å². The number of esters is 2. The van der Waals surface area contributed by atoms with Gasteiger partial charge in [-0.25, -0.2) is 4.79 Å². The molecule has 1 atom stereocenters. The predicted octanol–water partition coefficient (Wildman–Crippen LogP) is 1.43. The minimum absolute atomic E-state index is 0.0296. The number of benzene rings is 1. The van der Waals surface area contributed by atoms with Gasteiger partial charge in [0.15, 0.2) is 0 Å². The van der Waals surface area contributed by atoms with Crippen LogP contribution >= 0.6 is 0 Å². The molecule has 0 bridgehead atoms. The van der Waals surface area contributed by atoms with Crippen molar-refractivity contribution >= 4 is 11.9 Å². The van der Waals surface area contributed by atoms with Gasteiger partial charge in [-0.05, 0) is 18.6 Å². The summed E-state index contributed by atoms with van der Waals surface area (Å²) < 4.78 is 9.49. The van der Waals surface area contributed by atoms with Gasteiger partial charge in [0.1, 0.15) is 0 Å². The summed E-state index contributed by atoms with van der Waals surface area (Å²) in [4.78, 5) is 22.9. The first-order chi connectivity index (χ1) is 8.60. The first kappa shape index (κ1) is 14.2. The normalized spacial score (nSPS) is 11.7. The van der Waals surface area contributed by atoms with Gasteiger partial charge in [0.25, 0.3) is 0 Å². The van der Waals surface area contributed by atoms with Crippen molar-refractivity contribution in [1.29, 1.82) is 0 Å². The minimum atomic E-state index is -0.584. The van der Waals surface area contributed by atoms with Crippen molar-refractivity contribution in [3.8, 4) is 0 Å². The van der Waals surface area contributed by atoms with E-state index in [2.05, 4.69) is 4.74 Å². The van der Waals surface area contributed by atoms with Gasteiger partial charge in [0, 0.05) is 6.04 Å². The van der Waals surface area contributed by atoms with Gasteiger partial charge in [0.05, 0.1) is 25.7 Å². The van der Waals surface area contributed by atoms with Crippen molar-refractivity contribution in [3.05, 3.63) is 35.4 Å². The third kappa shape index (κ3) is 3.56. The summed E-state index contributed by atoms with van der Waals surface area (Å²) in [5.41, 5.74) is 6.86.